The molecule has 0 radical (unpaired) electrons. The number of carbonyl (C=O) groups excluding carboxylic acids is 1. The Morgan fingerprint density at radius 3 is 3.17 bits per heavy atom. The van der Waals surface area contributed by atoms with Crippen LogP contribution in [0.25, 0.3) is 0 Å². The van der Waals surface area contributed by atoms with Gasteiger partial charge in [-0.25, -0.2) is 0 Å². The summed E-state index contributed by atoms with van der Waals surface area (Å²) in [5.74, 6) is 0. The normalized spacial score (nSPS) is 15.8. The molecule has 0 amide bonds. The van der Waals surface area contributed by atoms with E-state index in [2.05, 4.69) is 0 Å². The molecule has 0 aromatic carbocycles. The second kappa shape index (κ2) is 2.75. The molecule has 0 spiro atoms. The first-order chi connectivity index (χ1) is 5.83. The number of hydrogen-bond donors (Lipinski definition) is 0. The summed E-state index contributed by atoms with van der Waals surface area (Å²) >= 11 is 0. The topological polar surface area (TPSA) is 31.2 Å². The first-order valence-corrected chi connectivity index (χ1v) is 4.03. The largest absolute Gasteiger partial charge is 0.376 e. The average molecular weight is 165 g/mol. The Kier molecular flexibility index (Phi) is 1.73. The lowest BCUT2D eigenvalue weighted by Crippen LogP contribution is -2.11. The minimum Gasteiger partial charge on any atom is -0.376 e. The molecule has 12 heavy (non-hydrogen) atoms. The van der Waals surface area contributed by atoms with Crippen molar-refractivity contribution >= 4 is 6.29 Å². The Morgan fingerprint density at radius 1 is 1.67 bits per heavy atom. The molecule has 0 N–H and O–H groups in total. The minimum absolute atomic E-state index is 0.650. The number of ether oxygens (including phenoxy) is 1. The van der Waals surface area contributed by atoms with E-state index in [9.17, 15) is 4.79 Å². The molecule has 1 aromatic rings. The molecule has 0 atom stereocenters. The molecule has 2 rings (SSSR count). The second-order valence-corrected chi connectivity index (χ2v) is 3.02. The van der Waals surface area contributed by atoms with Gasteiger partial charge in [-0.05, 0) is 11.6 Å². The fraction of sp³-hybridized carbons (Fsp3) is 0.444. The van der Waals surface area contributed by atoms with Crippen LogP contribution in [0.1, 0.15) is 21.7 Å². The van der Waals surface area contributed by atoms with Crippen molar-refractivity contribution in [3.63, 3.8) is 0 Å². The van der Waals surface area contributed by atoms with E-state index in [1.165, 1.54) is 5.69 Å². The molecule has 0 fully saturated rings. The van der Waals surface area contributed by atoms with Crippen molar-refractivity contribution in [1.82, 2.24) is 4.57 Å². The molecule has 1 aromatic heterocycles. The van der Waals surface area contributed by atoms with Gasteiger partial charge in [0.25, 0.3) is 0 Å². The Labute approximate surface area is 70.9 Å². The maximum Gasteiger partial charge on any atom is 0.166 e. The zero-order valence-electron chi connectivity index (χ0n) is 7.04. The van der Waals surface area contributed by atoms with Crippen molar-refractivity contribution in [3.05, 3.63) is 23.0 Å². The van der Waals surface area contributed by atoms with Gasteiger partial charge in [-0.15, -0.1) is 0 Å². The van der Waals surface area contributed by atoms with Gasteiger partial charge >= 0.3 is 0 Å². The summed E-state index contributed by atoms with van der Waals surface area (Å²) in [7, 11) is 1.92. The maximum atomic E-state index is 10.6. The van der Waals surface area contributed by atoms with E-state index in [4.69, 9.17) is 4.74 Å². The quantitative estimate of drug-likeness (QED) is 0.579. The van der Waals surface area contributed by atoms with Crippen LogP contribution in [0.2, 0.25) is 0 Å². The van der Waals surface area contributed by atoms with Crippen LogP contribution in [0.3, 0.4) is 0 Å². The van der Waals surface area contributed by atoms with Crippen LogP contribution in [-0.2, 0) is 24.8 Å². The van der Waals surface area contributed by atoms with Crippen LogP contribution in [0, 0.1) is 0 Å². The van der Waals surface area contributed by atoms with Gasteiger partial charge in [0.15, 0.2) is 6.29 Å². The predicted molar refractivity (Wildman–Crippen MR) is 44.2 cm³/mol. The highest BCUT2D eigenvalue weighted by atomic mass is 16.5. The van der Waals surface area contributed by atoms with Gasteiger partial charge < -0.3 is 9.30 Å². The van der Waals surface area contributed by atoms with Crippen molar-refractivity contribution in [2.45, 2.75) is 13.0 Å². The van der Waals surface area contributed by atoms with Crippen LogP contribution in [0.5, 0.6) is 0 Å². The Morgan fingerprint density at radius 2 is 2.50 bits per heavy atom. The molecule has 2 heterocycles. The molecule has 1 aliphatic heterocycles. The second-order valence-electron chi connectivity index (χ2n) is 3.02. The number of rotatable bonds is 1. The summed E-state index contributed by atoms with van der Waals surface area (Å²) in [6, 6.07) is 1.90. The van der Waals surface area contributed by atoms with Crippen LogP contribution >= 0.6 is 0 Å². The lowest BCUT2D eigenvalue weighted by Gasteiger charge is -2.13. The third-order valence-electron chi connectivity index (χ3n) is 2.35. The molecule has 64 valence electrons. The van der Waals surface area contributed by atoms with Gasteiger partial charge in [0.2, 0.25) is 0 Å². The highest BCUT2D eigenvalue weighted by Gasteiger charge is 2.15. The third kappa shape index (κ3) is 0.975. The van der Waals surface area contributed by atoms with Crippen molar-refractivity contribution in [1.29, 1.82) is 0 Å². The van der Waals surface area contributed by atoms with Gasteiger partial charge in [0.1, 0.15) is 0 Å². The van der Waals surface area contributed by atoms with Gasteiger partial charge in [-0.3, -0.25) is 4.79 Å². The van der Waals surface area contributed by atoms with E-state index < -0.39 is 0 Å². The molecular formula is C9H11NO2. The molecule has 0 saturated carbocycles. The number of hydrogen-bond acceptors (Lipinski definition) is 2. The first-order valence-electron chi connectivity index (χ1n) is 4.03. The zero-order valence-corrected chi connectivity index (χ0v) is 7.04. The summed E-state index contributed by atoms with van der Waals surface area (Å²) in [5, 5.41) is 0. The summed E-state index contributed by atoms with van der Waals surface area (Å²) in [6.45, 7) is 1.42. The summed E-state index contributed by atoms with van der Waals surface area (Å²) in [4.78, 5) is 10.6. The average Bonchev–Trinajstić information content (AvgIpc) is 2.44. The van der Waals surface area contributed by atoms with Crippen molar-refractivity contribution in [3.8, 4) is 0 Å². The summed E-state index contributed by atoms with van der Waals surface area (Å²) < 4.78 is 7.23. The van der Waals surface area contributed by atoms with Gasteiger partial charge in [-0.2, -0.15) is 0 Å². The monoisotopic (exact) mass is 165 g/mol. The molecule has 3 nitrogen and oxygen atoms in total. The van der Waals surface area contributed by atoms with E-state index in [0.717, 1.165) is 30.6 Å². The fourth-order valence-corrected chi connectivity index (χ4v) is 1.65. The van der Waals surface area contributed by atoms with Gasteiger partial charge in [0, 0.05) is 19.2 Å². The van der Waals surface area contributed by atoms with E-state index in [-0.39, 0.29) is 0 Å². The lowest BCUT2D eigenvalue weighted by molar-refractivity contribution is 0.109. The van der Waals surface area contributed by atoms with Crippen molar-refractivity contribution in [2.24, 2.45) is 7.05 Å². The van der Waals surface area contributed by atoms with Crippen molar-refractivity contribution in [2.75, 3.05) is 6.61 Å². The van der Waals surface area contributed by atoms with E-state index in [1.54, 1.807) is 0 Å². The van der Waals surface area contributed by atoms with E-state index >= 15 is 0 Å². The molecule has 0 aliphatic carbocycles. The Balaban J connectivity index is 2.51. The number of nitrogens with zero attached hydrogens (tertiary/aromatic N) is 1. The standard InChI is InChI=1S/C9H11NO2/c1-10-8(5-11)4-7-6-12-3-2-9(7)10/h4-5H,2-3,6H2,1H3. The lowest BCUT2D eigenvalue weighted by atomic mass is 10.2. The molecule has 3 heteroatoms. The third-order valence-corrected chi connectivity index (χ3v) is 2.35. The molecule has 1 aliphatic rings. The fourth-order valence-electron chi connectivity index (χ4n) is 1.65. The smallest absolute Gasteiger partial charge is 0.166 e. The maximum absolute atomic E-state index is 10.6. The SMILES string of the molecule is Cn1c(C=O)cc2c1CCOC2. The van der Waals surface area contributed by atoms with Gasteiger partial charge in [0.05, 0.1) is 18.9 Å². The molecule has 0 saturated heterocycles. The Hall–Kier alpha value is -1.09. The number of fused-ring (bicyclic) bond motifs is 1. The van der Waals surface area contributed by atoms with Crippen molar-refractivity contribution < 1.29 is 9.53 Å². The molecule has 0 bridgehead atoms. The predicted octanol–water partition coefficient (Wildman–Crippen LogP) is 0.910. The highest BCUT2D eigenvalue weighted by Crippen LogP contribution is 2.19. The Bertz CT molecular complexity index is 315. The first kappa shape index (κ1) is 7.55. The van der Waals surface area contributed by atoms with E-state index in [1.807, 2.05) is 17.7 Å². The number of aromatic nitrogens is 1. The highest BCUT2D eigenvalue weighted by molar-refractivity contribution is 5.73. The summed E-state index contributed by atoms with van der Waals surface area (Å²) in [5.41, 5.74) is 3.14. The van der Waals surface area contributed by atoms with E-state index in [0.29, 0.717) is 6.61 Å². The van der Waals surface area contributed by atoms with Gasteiger partial charge in [-0.1, -0.05) is 0 Å². The number of aldehydes is 1. The van der Waals surface area contributed by atoms with Crippen LogP contribution < -0.4 is 0 Å². The molecular weight excluding hydrogens is 154 g/mol. The minimum atomic E-state index is 0.650. The summed E-state index contributed by atoms with van der Waals surface area (Å²) in [6.07, 6.45) is 1.80. The number of carbonyl (C=O) groups is 1. The van der Waals surface area contributed by atoms with Crippen LogP contribution in [0.4, 0.5) is 0 Å². The zero-order chi connectivity index (χ0) is 8.55. The molecule has 0 unspecified atom stereocenters. The van der Waals surface area contributed by atoms with Crippen LogP contribution in [-0.4, -0.2) is 17.5 Å². The van der Waals surface area contributed by atoms with Crippen LogP contribution in [0.15, 0.2) is 6.07 Å².